The molecule has 1 N–H and O–H groups in total. The molecule has 3 rings (SSSR count). The molecule has 0 unspecified atom stereocenters. The smallest absolute Gasteiger partial charge is 0.226 e. The summed E-state index contributed by atoms with van der Waals surface area (Å²) in [4.78, 5) is 9.17. The number of β-amino-alcohol motifs (C(OH)–C–C–N with tert-alkyl or cyclic N) is 1. The van der Waals surface area contributed by atoms with Gasteiger partial charge >= 0.3 is 0 Å². The summed E-state index contributed by atoms with van der Waals surface area (Å²) in [5.74, 6) is 1.50. The van der Waals surface area contributed by atoms with Crippen LogP contribution in [0, 0.1) is 0 Å². The molecule has 1 aliphatic heterocycles. The van der Waals surface area contributed by atoms with Gasteiger partial charge in [0.1, 0.15) is 0 Å². The average molecular weight is 344 g/mol. The zero-order valence-corrected chi connectivity index (χ0v) is 15.1. The van der Waals surface area contributed by atoms with Crippen molar-refractivity contribution in [3.63, 3.8) is 0 Å². The summed E-state index contributed by atoms with van der Waals surface area (Å²) in [7, 11) is 0. The Bertz CT molecular complexity index is 646. The van der Waals surface area contributed by atoms with Crippen molar-refractivity contribution in [2.75, 3.05) is 26.2 Å². The van der Waals surface area contributed by atoms with E-state index in [2.05, 4.69) is 33.8 Å². The zero-order valence-electron chi connectivity index (χ0n) is 15.1. The van der Waals surface area contributed by atoms with Crippen LogP contribution in [0.4, 0.5) is 0 Å². The molecule has 0 aliphatic carbocycles. The summed E-state index contributed by atoms with van der Waals surface area (Å²) in [5.41, 5.74) is 0.979. The summed E-state index contributed by atoms with van der Waals surface area (Å²) in [6.07, 6.45) is 1.42. The number of benzene rings is 1. The number of aryl methyl sites for hydroxylation is 1. The third-order valence-electron chi connectivity index (χ3n) is 4.78. The molecule has 0 saturated carbocycles. The Morgan fingerprint density at radius 3 is 2.80 bits per heavy atom. The maximum atomic E-state index is 10.5. The minimum atomic E-state index is -0.441. The normalized spacial score (nSPS) is 20.7. The van der Waals surface area contributed by atoms with Gasteiger partial charge in [-0.3, -0.25) is 9.80 Å². The van der Waals surface area contributed by atoms with Crippen LogP contribution in [0.15, 0.2) is 34.9 Å². The molecule has 6 nitrogen and oxygen atoms in total. The highest BCUT2D eigenvalue weighted by Crippen LogP contribution is 2.18. The van der Waals surface area contributed by atoms with Gasteiger partial charge in [0.25, 0.3) is 0 Å². The minimum absolute atomic E-state index is 0.383. The number of nitrogens with zero attached hydrogens (tertiary/aromatic N) is 4. The fourth-order valence-electron chi connectivity index (χ4n) is 3.36. The third kappa shape index (κ3) is 4.87. The Morgan fingerprint density at radius 1 is 1.28 bits per heavy atom. The number of hydrogen-bond acceptors (Lipinski definition) is 6. The molecule has 1 aromatic heterocycles. The van der Waals surface area contributed by atoms with Gasteiger partial charge in [0.05, 0.1) is 12.6 Å². The number of aliphatic hydroxyl groups is 1. The number of aliphatic hydroxyl groups excluding tert-OH is 1. The van der Waals surface area contributed by atoms with Gasteiger partial charge in [-0.2, -0.15) is 4.98 Å². The van der Waals surface area contributed by atoms with Crippen LogP contribution in [0.25, 0.3) is 0 Å². The molecule has 1 aliphatic rings. The topological polar surface area (TPSA) is 65.6 Å². The van der Waals surface area contributed by atoms with Crippen LogP contribution in [0.3, 0.4) is 0 Å². The van der Waals surface area contributed by atoms with Crippen molar-refractivity contribution in [1.82, 2.24) is 19.9 Å². The van der Waals surface area contributed by atoms with Crippen molar-refractivity contribution in [3.8, 4) is 0 Å². The number of rotatable bonds is 7. The Kier molecular flexibility index (Phi) is 6.18. The van der Waals surface area contributed by atoms with Gasteiger partial charge in [-0.1, -0.05) is 42.4 Å². The molecular formula is C19H28N4O2. The summed E-state index contributed by atoms with van der Waals surface area (Å²) < 4.78 is 5.26. The van der Waals surface area contributed by atoms with Crippen molar-refractivity contribution < 1.29 is 9.63 Å². The van der Waals surface area contributed by atoms with E-state index in [1.54, 1.807) is 0 Å². The Morgan fingerprint density at radius 2 is 2.08 bits per heavy atom. The Labute approximate surface area is 149 Å². The van der Waals surface area contributed by atoms with Crippen LogP contribution in [-0.2, 0) is 13.0 Å². The van der Waals surface area contributed by atoms with E-state index in [0.717, 1.165) is 56.3 Å². The van der Waals surface area contributed by atoms with Gasteiger partial charge in [-0.05, 0) is 18.9 Å². The summed E-state index contributed by atoms with van der Waals surface area (Å²) in [6, 6.07) is 10.3. The lowest BCUT2D eigenvalue weighted by Crippen LogP contribution is -2.52. The molecule has 136 valence electrons. The maximum Gasteiger partial charge on any atom is 0.226 e. The van der Waals surface area contributed by atoms with E-state index in [-0.39, 0.29) is 0 Å². The van der Waals surface area contributed by atoms with Gasteiger partial charge in [0.15, 0.2) is 5.82 Å². The molecule has 2 aromatic rings. The molecule has 0 amide bonds. The second-order valence-electron chi connectivity index (χ2n) is 6.86. The summed E-state index contributed by atoms with van der Waals surface area (Å²) in [6.45, 7) is 8.54. The summed E-state index contributed by atoms with van der Waals surface area (Å²) >= 11 is 0. The van der Waals surface area contributed by atoms with E-state index >= 15 is 0 Å². The average Bonchev–Trinajstić information content (AvgIpc) is 3.05. The lowest BCUT2D eigenvalue weighted by Gasteiger charge is -2.40. The van der Waals surface area contributed by atoms with Gasteiger partial charge in [-0.25, -0.2) is 0 Å². The van der Waals surface area contributed by atoms with Crippen LogP contribution in [0.5, 0.6) is 0 Å². The van der Waals surface area contributed by atoms with Crippen molar-refractivity contribution in [3.05, 3.63) is 47.6 Å². The molecule has 0 radical (unpaired) electrons. The highest BCUT2D eigenvalue weighted by molar-refractivity contribution is 5.17. The minimum Gasteiger partial charge on any atom is -0.387 e. The second-order valence-corrected chi connectivity index (χ2v) is 6.86. The van der Waals surface area contributed by atoms with Gasteiger partial charge in [0, 0.05) is 38.6 Å². The molecule has 2 heterocycles. The first-order chi connectivity index (χ1) is 12.2. The molecule has 2 atom stereocenters. The van der Waals surface area contributed by atoms with Crippen LogP contribution in [-0.4, -0.2) is 57.3 Å². The SMILES string of the molecule is CCCc1nc(CN2CCN(C[C@@H](O)c3ccccc3)[C@@H](C)C2)no1. The first kappa shape index (κ1) is 18.0. The number of hydrogen-bond donors (Lipinski definition) is 1. The lowest BCUT2D eigenvalue weighted by atomic mass is 10.1. The molecular weight excluding hydrogens is 316 g/mol. The second kappa shape index (κ2) is 8.56. The molecule has 0 spiro atoms. The van der Waals surface area contributed by atoms with E-state index in [0.29, 0.717) is 12.6 Å². The Balaban J connectivity index is 1.50. The van der Waals surface area contributed by atoms with Crippen molar-refractivity contribution in [2.24, 2.45) is 0 Å². The van der Waals surface area contributed by atoms with Gasteiger partial charge in [0.2, 0.25) is 5.89 Å². The number of aromatic nitrogens is 2. The lowest BCUT2D eigenvalue weighted by molar-refractivity contribution is 0.0351. The predicted octanol–water partition coefficient (Wildman–Crippen LogP) is 2.26. The van der Waals surface area contributed by atoms with Gasteiger partial charge < -0.3 is 9.63 Å². The standard InChI is InChI=1S/C19H28N4O2/c1-3-7-19-20-18(21-25-19)14-22-10-11-23(15(2)12-22)13-17(24)16-8-5-4-6-9-16/h4-6,8-9,15,17,24H,3,7,10-14H2,1-2H3/t15-,17+/m0/s1. The van der Waals surface area contributed by atoms with Crippen LogP contribution in [0.2, 0.25) is 0 Å². The Hall–Kier alpha value is -1.76. The first-order valence-corrected chi connectivity index (χ1v) is 9.16. The maximum absolute atomic E-state index is 10.5. The molecule has 1 aromatic carbocycles. The first-order valence-electron chi connectivity index (χ1n) is 9.16. The van der Waals surface area contributed by atoms with Crippen molar-refractivity contribution >= 4 is 0 Å². The van der Waals surface area contributed by atoms with E-state index in [1.165, 1.54) is 0 Å². The van der Waals surface area contributed by atoms with Crippen LogP contribution in [0.1, 0.15) is 43.7 Å². The fraction of sp³-hybridized carbons (Fsp3) is 0.579. The van der Waals surface area contributed by atoms with Crippen LogP contribution < -0.4 is 0 Å². The zero-order chi connectivity index (χ0) is 17.6. The molecule has 1 fully saturated rings. The van der Waals surface area contributed by atoms with E-state index in [4.69, 9.17) is 4.52 Å². The molecule has 25 heavy (non-hydrogen) atoms. The van der Waals surface area contributed by atoms with Crippen LogP contribution >= 0.6 is 0 Å². The molecule has 1 saturated heterocycles. The molecule has 0 bridgehead atoms. The predicted molar refractivity (Wildman–Crippen MR) is 96.0 cm³/mol. The quantitative estimate of drug-likeness (QED) is 0.831. The third-order valence-corrected chi connectivity index (χ3v) is 4.78. The number of piperazine rings is 1. The van der Waals surface area contributed by atoms with Crippen molar-refractivity contribution in [2.45, 2.75) is 45.4 Å². The largest absolute Gasteiger partial charge is 0.387 e. The van der Waals surface area contributed by atoms with E-state index in [1.807, 2.05) is 30.3 Å². The fourth-order valence-corrected chi connectivity index (χ4v) is 3.36. The molecule has 6 heteroatoms. The monoisotopic (exact) mass is 344 g/mol. The van der Waals surface area contributed by atoms with E-state index < -0.39 is 6.10 Å². The summed E-state index contributed by atoms with van der Waals surface area (Å²) in [5, 5.41) is 14.5. The van der Waals surface area contributed by atoms with Gasteiger partial charge in [-0.15, -0.1) is 0 Å². The van der Waals surface area contributed by atoms with Crippen molar-refractivity contribution in [1.29, 1.82) is 0 Å². The van der Waals surface area contributed by atoms with E-state index in [9.17, 15) is 5.11 Å². The highest BCUT2D eigenvalue weighted by atomic mass is 16.5. The highest BCUT2D eigenvalue weighted by Gasteiger charge is 2.26.